The van der Waals surface area contributed by atoms with Gasteiger partial charge < -0.3 is 10.2 Å². The molecule has 1 aromatic carbocycles. The number of hydrogen-bond donors (Lipinski definition) is 2. The first kappa shape index (κ1) is 6.93. The number of phenols is 2. The van der Waals surface area contributed by atoms with Gasteiger partial charge in [-0.2, -0.15) is 0 Å². The van der Waals surface area contributed by atoms with Crippen molar-refractivity contribution in [2.45, 2.75) is 13.8 Å². The number of phenolic OH excluding ortho intramolecular Hbond substituents is 2. The molecule has 0 amide bonds. The molecule has 0 aromatic heterocycles. The molecule has 0 aliphatic heterocycles. The van der Waals surface area contributed by atoms with E-state index in [1.54, 1.807) is 19.9 Å². The average Bonchev–Trinajstić information content (AvgIpc) is 1.82. The summed E-state index contributed by atoms with van der Waals surface area (Å²) in [7, 11) is 0. The first-order valence-electron chi connectivity index (χ1n) is 3.02. The van der Waals surface area contributed by atoms with Gasteiger partial charge in [-0.15, -0.1) is 0 Å². The maximum Gasteiger partial charge on any atom is 0.130 e. The Bertz CT molecular complexity index is 230. The van der Waals surface area contributed by atoms with E-state index in [1.807, 2.05) is 0 Å². The van der Waals surface area contributed by atoms with E-state index in [0.717, 1.165) is 5.56 Å². The monoisotopic (exact) mass is 137 g/mol. The molecule has 0 spiro atoms. The van der Waals surface area contributed by atoms with E-state index in [4.69, 9.17) is 10.2 Å². The van der Waals surface area contributed by atoms with Gasteiger partial charge in [0.25, 0.3) is 0 Å². The summed E-state index contributed by atoms with van der Waals surface area (Å²) in [5.74, 6) is 0.145. The number of rotatable bonds is 0. The topological polar surface area (TPSA) is 40.5 Å². The van der Waals surface area contributed by atoms with Crippen molar-refractivity contribution in [2.75, 3.05) is 0 Å². The molecule has 0 unspecified atom stereocenters. The number of aryl methyl sites for hydroxylation is 1. The van der Waals surface area contributed by atoms with Crippen LogP contribution in [-0.2, 0) is 0 Å². The SMILES string of the molecule is Cc1[c]c(O)c(C)c(O)c1. The van der Waals surface area contributed by atoms with Gasteiger partial charge in [0.05, 0.1) is 0 Å². The number of benzene rings is 1. The minimum atomic E-state index is 0.0255. The van der Waals surface area contributed by atoms with Gasteiger partial charge in [0.2, 0.25) is 0 Å². The third-order valence-corrected chi connectivity index (χ3v) is 1.41. The van der Waals surface area contributed by atoms with E-state index in [0.29, 0.717) is 5.56 Å². The molecule has 1 rings (SSSR count). The van der Waals surface area contributed by atoms with Crippen LogP contribution in [0.1, 0.15) is 11.1 Å². The van der Waals surface area contributed by atoms with Gasteiger partial charge in [-0.3, -0.25) is 0 Å². The maximum absolute atomic E-state index is 9.10. The van der Waals surface area contributed by atoms with Crippen LogP contribution in [0.15, 0.2) is 6.07 Å². The highest BCUT2D eigenvalue weighted by Crippen LogP contribution is 2.25. The highest BCUT2D eigenvalue weighted by atomic mass is 16.3. The largest absolute Gasteiger partial charge is 0.508 e. The van der Waals surface area contributed by atoms with E-state index >= 15 is 0 Å². The molecular formula is C8H9O2. The number of hydrogen-bond acceptors (Lipinski definition) is 2. The van der Waals surface area contributed by atoms with Crippen LogP contribution in [0.4, 0.5) is 0 Å². The van der Waals surface area contributed by atoms with Gasteiger partial charge >= 0.3 is 0 Å². The molecule has 0 heterocycles. The Balaban J connectivity index is 3.31. The van der Waals surface area contributed by atoms with E-state index < -0.39 is 0 Å². The lowest BCUT2D eigenvalue weighted by Gasteiger charge is -2.01. The second kappa shape index (κ2) is 2.21. The minimum absolute atomic E-state index is 0.0255. The van der Waals surface area contributed by atoms with Crippen molar-refractivity contribution >= 4 is 0 Å². The Labute approximate surface area is 59.7 Å². The summed E-state index contributed by atoms with van der Waals surface area (Å²) in [6.45, 7) is 3.40. The first-order valence-corrected chi connectivity index (χ1v) is 3.02. The van der Waals surface area contributed by atoms with Crippen LogP contribution >= 0.6 is 0 Å². The Morgan fingerprint density at radius 3 is 2.40 bits per heavy atom. The summed E-state index contributed by atoms with van der Waals surface area (Å²) in [5.41, 5.74) is 1.21. The summed E-state index contributed by atoms with van der Waals surface area (Å²) < 4.78 is 0. The summed E-state index contributed by atoms with van der Waals surface area (Å²) in [5, 5.41) is 18.2. The quantitative estimate of drug-likeness (QED) is 0.569. The smallest absolute Gasteiger partial charge is 0.130 e. The third kappa shape index (κ3) is 1.05. The Kier molecular flexibility index (Phi) is 1.53. The molecule has 2 N–H and O–H groups in total. The van der Waals surface area contributed by atoms with Crippen molar-refractivity contribution in [2.24, 2.45) is 0 Å². The molecule has 2 nitrogen and oxygen atoms in total. The molecule has 10 heavy (non-hydrogen) atoms. The minimum Gasteiger partial charge on any atom is -0.508 e. The molecular weight excluding hydrogens is 128 g/mol. The van der Waals surface area contributed by atoms with Crippen molar-refractivity contribution in [1.82, 2.24) is 0 Å². The van der Waals surface area contributed by atoms with Crippen molar-refractivity contribution in [3.8, 4) is 11.5 Å². The van der Waals surface area contributed by atoms with Gasteiger partial charge in [-0.1, -0.05) is 0 Å². The zero-order chi connectivity index (χ0) is 7.72. The predicted molar refractivity (Wildman–Crippen MR) is 38.1 cm³/mol. The normalized spacial score (nSPS) is 9.80. The van der Waals surface area contributed by atoms with Crippen LogP contribution in [0.3, 0.4) is 0 Å². The average molecular weight is 137 g/mol. The van der Waals surface area contributed by atoms with Crippen molar-refractivity contribution in [3.05, 3.63) is 23.3 Å². The fourth-order valence-corrected chi connectivity index (χ4v) is 0.751. The van der Waals surface area contributed by atoms with Crippen molar-refractivity contribution in [1.29, 1.82) is 0 Å². The summed E-state index contributed by atoms with van der Waals surface area (Å²) in [4.78, 5) is 0. The molecule has 1 aromatic rings. The zero-order valence-electron chi connectivity index (χ0n) is 5.97. The van der Waals surface area contributed by atoms with Crippen LogP contribution in [0.25, 0.3) is 0 Å². The van der Waals surface area contributed by atoms with E-state index in [9.17, 15) is 0 Å². The third-order valence-electron chi connectivity index (χ3n) is 1.41. The zero-order valence-corrected chi connectivity index (χ0v) is 5.97. The van der Waals surface area contributed by atoms with Crippen LogP contribution in [0.5, 0.6) is 11.5 Å². The molecule has 0 aliphatic carbocycles. The van der Waals surface area contributed by atoms with Crippen LogP contribution in [0, 0.1) is 19.9 Å². The van der Waals surface area contributed by atoms with Gasteiger partial charge in [0.15, 0.2) is 0 Å². The lowest BCUT2D eigenvalue weighted by molar-refractivity contribution is 0.441. The molecule has 0 saturated carbocycles. The van der Waals surface area contributed by atoms with E-state index in [-0.39, 0.29) is 11.5 Å². The lowest BCUT2D eigenvalue weighted by Crippen LogP contribution is -1.79. The summed E-state index contributed by atoms with van der Waals surface area (Å²) >= 11 is 0. The fourth-order valence-electron chi connectivity index (χ4n) is 0.751. The first-order chi connectivity index (χ1) is 4.61. The fraction of sp³-hybridized carbons (Fsp3) is 0.250. The summed E-state index contributed by atoms with van der Waals surface area (Å²) in [6.07, 6.45) is 0. The Hall–Kier alpha value is -1.18. The standard InChI is InChI=1S/C8H9O2/c1-5-3-7(9)6(2)8(10)4-5/h3,9-10H,1-2H3. The van der Waals surface area contributed by atoms with Gasteiger partial charge in [-0.25, -0.2) is 0 Å². The molecule has 53 valence electrons. The molecule has 0 bridgehead atoms. The molecule has 0 saturated heterocycles. The second-order valence-electron chi connectivity index (χ2n) is 2.31. The highest BCUT2D eigenvalue weighted by molar-refractivity contribution is 5.43. The van der Waals surface area contributed by atoms with Crippen LogP contribution < -0.4 is 0 Å². The summed E-state index contributed by atoms with van der Waals surface area (Å²) in [6, 6.07) is 4.24. The Morgan fingerprint density at radius 1 is 1.30 bits per heavy atom. The van der Waals surface area contributed by atoms with Crippen molar-refractivity contribution < 1.29 is 10.2 Å². The van der Waals surface area contributed by atoms with Crippen molar-refractivity contribution in [3.63, 3.8) is 0 Å². The second-order valence-corrected chi connectivity index (χ2v) is 2.31. The van der Waals surface area contributed by atoms with Crippen LogP contribution in [-0.4, -0.2) is 10.2 Å². The predicted octanol–water partition coefficient (Wildman–Crippen LogP) is 1.51. The number of aromatic hydroxyl groups is 2. The van der Waals surface area contributed by atoms with E-state index in [2.05, 4.69) is 6.07 Å². The van der Waals surface area contributed by atoms with Crippen LogP contribution in [0.2, 0.25) is 0 Å². The Morgan fingerprint density at radius 2 is 1.90 bits per heavy atom. The van der Waals surface area contributed by atoms with Gasteiger partial charge in [-0.05, 0) is 25.5 Å². The van der Waals surface area contributed by atoms with Gasteiger partial charge in [0.1, 0.15) is 11.5 Å². The maximum atomic E-state index is 9.10. The highest BCUT2D eigenvalue weighted by Gasteiger charge is 2.01. The molecule has 0 atom stereocenters. The lowest BCUT2D eigenvalue weighted by atomic mass is 10.1. The molecule has 2 heteroatoms. The molecule has 0 aliphatic rings. The molecule has 0 fully saturated rings. The molecule has 1 radical (unpaired) electrons. The van der Waals surface area contributed by atoms with Gasteiger partial charge in [0, 0.05) is 11.6 Å². The van der Waals surface area contributed by atoms with E-state index in [1.165, 1.54) is 0 Å².